The summed E-state index contributed by atoms with van der Waals surface area (Å²) >= 11 is 0. The molecule has 0 heterocycles. The number of aryl methyl sites for hydroxylation is 2. The molecule has 0 unspecified atom stereocenters. The highest BCUT2D eigenvalue weighted by atomic mass is 16.2. The van der Waals surface area contributed by atoms with E-state index in [0.29, 0.717) is 17.1 Å². The van der Waals surface area contributed by atoms with Gasteiger partial charge in [0, 0.05) is 24.0 Å². The molecule has 2 aromatic carbocycles. The second-order valence-corrected chi connectivity index (χ2v) is 7.09. The molecule has 0 radical (unpaired) electrons. The Bertz CT molecular complexity index is 888. The van der Waals surface area contributed by atoms with E-state index < -0.39 is 17.2 Å². The minimum absolute atomic E-state index is 0.202. The highest BCUT2D eigenvalue weighted by molar-refractivity contribution is 6.14. The van der Waals surface area contributed by atoms with Crippen molar-refractivity contribution in [2.75, 3.05) is 16.0 Å². The lowest BCUT2D eigenvalue weighted by atomic mass is 9.90. The zero-order valence-corrected chi connectivity index (χ0v) is 16.3. The maximum absolute atomic E-state index is 12.7. The predicted octanol–water partition coefficient (Wildman–Crippen LogP) is 3.87. The summed E-state index contributed by atoms with van der Waals surface area (Å²) in [6.45, 7) is 8.50. The average Bonchev–Trinajstić information content (AvgIpc) is 2.57. The Morgan fingerprint density at radius 3 is 1.78 bits per heavy atom. The van der Waals surface area contributed by atoms with Crippen molar-refractivity contribution in [1.29, 1.82) is 0 Å². The van der Waals surface area contributed by atoms with E-state index in [1.807, 2.05) is 32.0 Å². The number of hydrogen-bond acceptors (Lipinski definition) is 3. The van der Waals surface area contributed by atoms with Gasteiger partial charge < -0.3 is 16.0 Å². The molecule has 142 valence electrons. The van der Waals surface area contributed by atoms with Crippen LogP contribution in [-0.2, 0) is 14.4 Å². The van der Waals surface area contributed by atoms with Crippen molar-refractivity contribution in [3.8, 4) is 0 Å². The molecule has 0 aliphatic heterocycles. The lowest BCUT2D eigenvalue weighted by molar-refractivity contribution is -0.135. The SMILES string of the molecule is CC(=O)Nc1cccc(NC(=O)C(C)(C)C(=O)Nc2ccc(C)c(C)c2)c1. The third kappa shape index (κ3) is 5.17. The van der Waals surface area contributed by atoms with Gasteiger partial charge in [0.2, 0.25) is 17.7 Å². The van der Waals surface area contributed by atoms with Crippen molar-refractivity contribution < 1.29 is 14.4 Å². The molecular weight excluding hydrogens is 342 g/mol. The first kappa shape index (κ1) is 20.2. The zero-order valence-electron chi connectivity index (χ0n) is 16.3. The maximum Gasteiger partial charge on any atom is 0.239 e. The molecule has 0 spiro atoms. The van der Waals surface area contributed by atoms with Crippen LogP contribution in [0.4, 0.5) is 17.1 Å². The van der Waals surface area contributed by atoms with E-state index in [0.717, 1.165) is 11.1 Å². The molecule has 3 N–H and O–H groups in total. The summed E-state index contributed by atoms with van der Waals surface area (Å²) in [6, 6.07) is 12.4. The molecule has 0 aliphatic carbocycles. The smallest absolute Gasteiger partial charge is 0.239 e. The Kier molecular flexibility index (Phi) is 6.00. The minimum Gasteiger partial charge on any atom is -0.326 e. The number of anilines is 3. The normalized spacial score (nSPS) is 10.9. The number of benzene rings is 2. The Balaban J connectivity index is 2.10. The summed E-state index contributed by atoms with van der Waals surface area (Å²) in [5.41, 5.74) is 2.62. The second kappa shape index (κ2) is 8.03. The van der Waals surface area contributed by atoms with Crippen LogP contribution in [0.3, 0.4) is 0 Å². The summed E-state index contributed by atoms with van der Waals surface area (Å²) < 4.78 is 0. The first-order valence-corrected chi connectivity index (χ1v) is 8.67. The van der Waals surface area contributed by atoms with Crippen LogP contribution in [0, 0.1) is 19.3 Å². The largest absolute Gasteiger partial charge is 0.326 e. The molecule has 2 aromatic rings. The van der Waals surface area contributed by atoms with E-state index in [1.54, 1.807) is 38.1 Å². The third-order valence-corrected chi connectivity index (χ3v) is 4.34. The molecule has 0 atom stereocenters. The molecule has 6 heteroatoms. The number of hydrogen-bond donors (Lipinski definition) is 3. The summed E-state index contributed by atoms with van der Waals surface area (Å²) in [4.78, 5) is 36.5. The van der Waals surface area contributed by atoms with Crippen molar-refractivity contribution in [2.24, 2.45) is 5.41 Å². The minimum atomic E-state index is -1.29. The van der Waals surface area contributed by atoms with Gasteiger partial charge in [0.25, 0.3) is 0 Å². The lowest BCUT2D eigenvalue weighted by Gasteiger charge is -2.23. The Morgan fingerprint density at radius 1 is 0.741 bits per heavy atom. The van der Waals surface area contributed by atoms with E-state index in [9.17, 15) is 14.4 Å². The third-order valence-electron chi connectivity index (χ3n) is 4.34. The topological polar surface area (TPSA) is 87.3 Å². The van der Waals surface area contributed by atoms with Gasteiger partial charge >= 0.3 is 0 Å². The van der Waals surface area contributed by atoms with Gasteiger partial charge in [0.1, 0.15) is 5.41 Å². The van der Waals surface area contributed by atoms with Crippen LogP contribution in [0.5, 0.6) is 0 Å². The maximum atomic E-state index is 12.7. The Labute approximate surface area is 159 Å². The van der Waals surface area contributed by atoms with Gasteiger partial charge in [0.05, 0.1) is 0 Å². The van der Waals surface area contributed by atoms with Gasteiger partial charge in [-0.1, -0.05) is 12.1 Å². The highest BCUT2D eigenvalue weighted by Gasteiger charge is 2.36. The summed E-state index contributed by atoms with van der Waals surface area (Å²) in [7, 11) is 0. The van der Waals surface area contributed by atoms with Crippen molar-refractivity contribution in [1.82, 2.24) is 0 Å². The quantitative estimate of drug-likeness (QED) is 0.701. The van der Waals surface area contributed by atoms with Crippen molar-refractivity contribution in [2.45, 2.75) is 34.6 Å². The fraction of sp³-hybridized carbons (Fsp3) is 0.286. The van der Waals surface area contributed by atoms with Crippen LogP contribution in [0.25, 0.3) is 0 Å². The van der Waals surface area contributed by atoms with E-state index in [1.165, 1.54) is 6.92 Å². The van der Waals surface area contributed by atoms with Crippen LogP contribution in [0.2, 0.25) is 0 Å². The Hall–Kier alpha value is -3.15. The molecular formula is C21H25N3O3. The average molecular weight is 367 g/mol. The first-order chi connectivity index (χ1) is 12.6. The van der Waals surface area contributed by atoms with Gasteiger partial charge in [-0.25, -0.2) is 0 Å². The molecule has 0 saturated heterocycles. The fourth-order valence-electron chi connectivity index (χ4n) is 2.37. The zero-order chi connectivity index (χ0) is 20.2. The van der Waals surface area contributed by atoms with Gasteiger partial charge in [-0.15, -0.1) is 0 Å². The molecule has 0 saturated carbocycles. The van der Waals surface area contributed by atoms with E-state index in [2.05, 4.69) is 16.0 Å². The van der Waals surface area contributed by atoms with Crippen LogP contribution < -0.4 is 16.0 Å². The molecule has 0 bridgehead atoms. The fourth-order valence-corrected chi connectivity index (χ4v) is 2.37. The van der Waals surface area contributed by atoms with Crippen molar-refractivity contribution in [3.05, 3.63) is 53.6 Å². The van der Waals surface area contributed by atoms with Crippen molar-refractivity contribution >= 4 is 34.8 Å². The highest BCUT2D eigenvalue weighted by Crippen LogP contribution is 2.24. The van der Waals surface area contributed by atoms with Gasteiger partial charge in [-0.2, -0.15) is 0 Å². The standard InChI is InChI=1S/C21H25N3O3/c1-13-9-10-18(11-14(13)2)24-20(27)21(4,5)19(26)23-17-8-6-7-16(12-17)22-15(3)25/h6-12H,1-5H3,(H,22,25)(H,23,26)(H,24,27). The number of carbonyl (C=O) groups is 3. The molecule has 0 fully saturated rings. The number of carbonyl (C=O) groups excluding carboxylic acids is 3. The van der Waals surface area contributed by atoms with Gasteiger partial charge in [-0.3, -0.25) is 14.4 Å². The van der Waals surface area contributed by atoms with Crippen molar-refractivity contribution in [3.63, 3.8) is 0 Å². The van der Waals surface area contributed by atoms with E-state index >= 15 is 0 Å². The van der Waals surface area contributed by atoms with Gasteiger partial charge in [-0.05, 0) is 69.2 Å². The second-order valence-electron chi connectivity index (χ2n) is 7.09. The number of nitrogens with one attached hydrogen (secondary N) is 3. The summed E-state index contributed by atoms with van der Waals surface area (Å²) in [5.74, 6) is -1.04. The summed E-state index contributed by atoms with van der Waals surface area (Å²) in [6.07, 6.45) is 0. The van der Waals surface area contributed by atoms with E-state index in [-0.39, 0.29) is 5.91 Å². The number of rotatable bonds is 5. The molecule has 3 amide bonds. The van der Waals surface area contributed by atoms with Crippen LogP contribution in [0.1, 0.15) is 31.9 Å². The van der Waals surface area contributed by atoms with Crippen LogP contribution >= 0.6 is 0 Å². The number of amides is 3. The summed E-state index contributed by atoms with van der Waals surface area (Å²) in [5, 5.41) is 8.18. The Morgan fingerprint density at radius 2 is 1.26 bits per heavy atom. The molecule has 0 aromatic heterocycles. The molecule has 27 heavy (non-hydrogen) atoms. The molecule has 2 rings (SSSR count). The molecule has 6 nitrogen and oxygen atoms in total. The van der Waals surface area contributed by atoms with Gasteiger partial charge in [0.15, 0.2) is 0 Å². The monoisotopic (exact) mass is 367 g/mol. The predicted molar refractivity (Wildman–Crippen MR) is 108 cm³/mol. The van der Waals surface area contributed by atoms with Crippen LogP contribution in [0.15, 0.2) is 42.5 Å². The first-order valence-electron chi connectivity index (χ1n) is 8.67. The van der Waals surface area contributed by atoms with Crippen LogP contribution in [-0.4, -0.2) is 17.7 Å². The van der Waals surface area contributed by atoms with E-state index in [4.69, 9.17) is 0 Å². The lowest BCUT2D eigenvalue weighted by Crippen LogP contribution is -2.41. The molecule has 0 aliphatic rings.